The van der Waals surface area contributed by atoms with Gasteiger partial charge in [0, 0.05) is 12.6 Å². The molecule has 0 spiro atoms. The van der Waals surface area contributed by atoms with E-state index in [1.165, 1.54) is 19.3 Å². The first-order chi connectivity index (χ1) is 9.48. The van der Waals surface area contributed by atoms with E-state index < -0.39 is 15.9 Å². The number of hydrogen-bond acceptors (Lipinski definition) is 4. The Labute approximate surface area is 121 Å². The highest BCUT2D eigenvalue weighted by Crippen LogP contribution is 2.43. The fourth-order valence-electron chi connectivity index (χ4n) is 4.25. The molecule has 1 amide bonds. The zero-order valence-corrected chi connectivity index (χ0v) is 12.9. The molecule has 2 aliphatic carbocycles. The van der Waals surface area contributed by atoms with Crippen LogP contribution in [0.25, 0.3) is 0 Å². The average Bonchev–Trinajstić information content (AvgIpc) is 2.68. The molecule has 20 heavy (non-hydrogen) atoms. The van der Waals surface area contributed by atoms with Crippen LogP contribution in [-0.2, 0) is 14.6 Å². The molecule has 1 saturated heterocycles. The van der Waals surface area contributed by atoms with E-state index in [2.05, 4.69) is 5.32 Å². The van der Waals surface area contributed by atoms with Gasteiger partial charge in [-0.1, -0.05) is 12.8 Å². The summed E-state index contributed by atoms with van der Waals surface area (Å²) in [6.45, 7) is 0.378. The zero-order valence-electron chi connectivity index (χ0n) is 12.0. The number of hydrogen-bond donors (Lipinski definition) is 1. The SMILES string of the molecule is CNC1CS(=O)(=O)CCN(C2CC3CCC(C3)C2)C1=O. The maximum absolute atomic E-state index is 12.6. The molecule has 1 aliphatic heterocycles. The van der Waals surface area contributed by atoms with Gasteiger partial charge in [-0.15, -0.1) is 0 Å². The molecule has 1 N–H and O–H groups in total. The van der Waals surface area contributed by atoms with Crippen LogP contribution in [-0.4, -0.2) is 56.4 Å². The lowest BCUT2D eigenvalue weighted by Gasteiger charge is -2.37. The molecule has 5 nitrogen and oxygen atoms in total. The fourth-order valence-corrected chi connectivity index (χ4v) is 5.71. The van der Waals surface area contributed by atoms with Gasteiger partial charge in [-0.2, -0.15) is 0 Å². The summed E-state index contributed by atoms with van der Waals surface area (Å²) in [6.07, 6.45) is 6.03. The summed E-state index contributed by atoms with van der Waals surface area (Å²) in [5.41, 5.74) is 0. The van der Waals surface area contributed by atoms with Crippen LogP contribution in [0.15, 0.2) is 0 Å². The molecule has 6 heteroatoms. The Balaban J connectivity index is 1.79. The van der Waals surface area contributed by atoms with Gasteiger partial charge in [-0.3, -0.25) is 4.79 Å². The van der Waals surface area contributed by atoms with Gasteiger partial charge in [0.1, 0.15) is 6.04 Å². The smallest absolute Gasteiger partial charge is 0.241 e. The Morgan fingerprint density at radius 1 is 1.15 bits per heavy atom. The van der Waals surface area contributed by atoms with Crippen molar-refractivity contribution in [1.29, 1.82) is 0 Å². The van der Waals surface area contributed by atoms with E-state index in [-0.39, 0.29) is 23.5 Å². The van der Waals surface area contributed by atoms with Crippen LogP contribution >= 0.6 is 0 Å². The molecule has 1 heterocycles. The highest BCUT2D eigenvalue weighted by molar-refractivity contribution is 7.91. The van der Waals surface area contributed by atoms with Gasteiger partial charge in [0.05, 0.1) is 11.5 Å². The molecule has 2 bridgehead atoms. The predicted molar refractivity (Wildman–Crippen MR) is 77.1 cm³/mol. The Kier molecular flexibility index (Phi) is 3.79. The number of nitrogens with zero attached hydrogens (tertiary/aromatic N) is 1. The molecular formula is C14H24N2O3S. The molecule has 3 unspecified atom stereocenters. The Bertz CT molecular complexity index is 479. The summed E-state index contributed by atoms with van der Waals surface area (Å²) in [4.78, 5) is 14.5. The van der Waals surface area contributed by atoms with E-state index in [1.807, 2.05) is 4.90 Å². The Morgan fingerprint density at radius 2 is 1.80 bits per heavy atom. The van der Waals surface area contributed by atoms with E-state index in [4.69, 9.17) is 0 Å². The summed E-state index contributed by atoms with van der Waals surface area (Å²) < 4.78 is 23.9. The van der Waals surface area contributed by atoms with Crippen LogP contribution < -0.4 is 5.32 Å². The normalized spacial score (nSPS) is 40.6. The number of rotatable bonds is 2. The number of amides is 1. The van der Waals surface area contributed by atoms with Crippen LogP contribution in [0.3, 0.4) is 0 Å². The molecule has 0 aromatic carbocycles. The van der Waals surface area contributed by atoms with Gasteiger partial charge in [-0.05, 0) is 38.1 Å². The molecule has 0 aromatic rings. The van der Waals surface area contributed by atoms with Crippen LogP contribution in [0.5, 0.6) is 0 Å². The number of carbonyl (C=O) groups excluding carboxylic acids is 1. The number of fused-ring (bicyclic) bond motifs is 2. The summed E-state index contributed by atoms with van der Waals surface area (Å²) in [6, 6.07) is -0.306. The topological polar surface area (TPSA) is 66.5 Å². The first-order valence-electron chi connectivity index (χ1n) is 7.66. The lowest BCUT2D eigenvalue weighted by atomic mass is 9.84. The summed E-state index contributed by atoms with van der Waals surface area (Å²) in [5, 5.41) is 2.89. The molecule has 3 atom stereocenters. The molecular weight excluding hydrogens is 276 g/mol. The van der Waals surface area contributed by atoms with E-state index in [1.54, 1.807) is 7.05 Å². The molecule has 2 saturated carbocycles. The lowest BCUT2D eigenvalue weighted by Crippen LogP contribution is -2.51. The molecule has 3 aliphatic rings. The van der Waals surface area contributed by atoms with Crippen molar-refractivity contribution in [2.45, 2.75) is 44.2 Å². The molecule has 3 fully saturated rings. The summed E-state index contributed by atoms with van der Waals surface area (Å²) in [7, 11) is -1.45. The maximum atomic E-state index is 12.6. The van der Waals surface area contributed by atoms with Gasteiger partial charge < -0.3 is 10.2 Å². The van der Waals surface area contributed by atoms with Crippen LogP contribution in [0.2, 0.25) is 0 Å². The number of sulfone groups is 1. The predicted octanol–water partition coefficient (Wildman–Crippen LogP) is 0.410. The first kappa shape index (κ1) is 14.3. The molecule has 114 valence electrons. The van der Waals surface area contributed by atoms with Crippen molar-refractivity contribution in [3.63, 3.8) is 0 Å². The van der Waals surface area contributed by atoms with Crippen molar-refractivity contribution < 1.29 is 13.2 Å². The highest BCUT2D eigenvalue weighted by atomic mass is 32.2. The van der Waals surface area contributed by atoms with Crippen LogP contribution in [0.1, 0.15) is 32.1 Å². The van der Waals surface area contributed by atoms with E-state index in [9.17, 15) is 13.2 Å². The number of nitrogens with one attached hydrogen (secondary N) is 1. The maximum Gasteiger partial charge on any atom is 0.241 e. The second-order valence-corrected chi connectivity index (χ2v) is 8.89. The number of likely N-dealkylation sites (N-methyl/N-ethyl adjacent to an activating group) is 1. The Hall–Kier alpha value is -0.620. The van der Waals surface area contributed by atoms with Crippen molar-refractivity contribution in [2.75, 3.05) is 25.1 Å². The summed E-state index contributed by atoms with van der Waals surface area (Å²) >= 11 is 0. The van der Waals surface area contributed by atoms with E-state index in [0.717, 1.165) is 24.7 Å². The Morgan fingerprint density at radius 3 is 2.40 bits per heavy atom. The third-order valence-corrected chi connectivity index (χ3v) is 6.94. The van der Waals surface area contributed by atoms with E-state index >= 15 is 0 Å². The lowest BCUT2D eigenvalue weighted by molar-refractivity contribution is -0.135. The third kappa shape index (κ3) is 2.72. The van der Waals surface area contributed by atoms with Crippen molar-refractivity contribution in [1.82, 2.24) is 10.2 Å². The minimum Gasteiger partial charge on any atom is -0.337 e. The van der Waals surface area contributed by atoms with Crippen molar-refractivity contribution in [3.8, 4) is 0 Å². The molecule has 0 radical (unpaired) electrons. The van der Waals surface area contributed by atoms with Gasteiger partial charge in [0.25, 0.3) is 0 Å². The second-order valence-electron chi connectivity index (χ2n) is 6.66. The van der Waals surface area contributed by atoms with Gasteiger partial charge in [-0.25, -0.2) is 8.42 Å². The monoisotopic (exact) mass is 300 g/mol. The fraction of sp³-hybridized carbons (Fsp3) is 0.929. The summed E-state index contributed by atoms with van der Waals surface area (Å²) in [5.74, 6) is 1.54. The van der Waals surface area contributed by atoms with Crippen LogP contribution in [0.4, 0.5) is 0 Å². The minimum absolute atomic E-state index is 0.0140. The largest absolute Gasteiger partial charge is 0.337 e. The van der Waals surface area contributed by atoms with Crippen molar-refractivity contribution in [2.24, 2.45) is 11.8 Å². The quantitative estimate of drug-likeness (QED) is 0.802. The van der Waals surface area contributed by atoms with Crippen molar-refractivity contribution >= 4 is 15.7 Å². The molecule has 3 rings (SSSR count). The third-order valence-electron chi connectivity index (χ3n) is 5.29. The minimum atomic E-state index is -3.12. The standard InChI is InChI=1S/C14H24N2O3S/c1-15-13-9-20(18,19)5-4-16(14(13)17)12-7-10-2-3-11(6-10)8-12/h10-13,15H,2-9H2,1H3. The molecule has 0 aromatic heterocycles. The van der Waals surface area contributed by atoms with Crippen molar-refractivity contribution in [3.05, 3.63) is 0 Å². The highest BCUT2D eigenvalue weighted by Gasteiger charge is 2.41. The zero-order chi connectivity index (χ0) is 14.3. The van der Waals surface area contributed by atoms with Gasteiger partial charge in [0.2, 0.25) is 5.91 Å². The number of carbonyl (C=O) groups is 1. The average molecular weight is 300 g/mol. The second kappa shape index (κ2) is 5.30. The van der Waals surface area contributed by atoms with Crippen LogP contribution in [0, 0.1) is 11.8 Å². The van der Waals surface area contributed by atoms with Gasteiger partial charge in [0.15, 0.2) is 9.84 Å². The van der Waals surface area contributed by atoms with E-state index in [0.29, 0.717) is 6.54 Å². The first-order valence-corrected chi connectivity index (χ1v) is 9.49. The van der Waals surface area contributed by atoms with Gasteiger partial charge >= 0.3 is 0 Å².